The molecule has 23 heavy (non-hydrogen) atoms. The summed E-state index contributed by atoms with van der Waals surface area (Å²) in [5.74, 6) is -1.55. The summed E-state index contributed by atoms with van der Waals surface area (Å²) < 4.78 is 31.9. The number of benzene rings is 1. The molecule has 1 saturated heterocycles. The fourth-order valence-electron chi connectivity index (χ4n) is 4.06. The monoisotopic (exact) mass is 324 g/mol. The van der Waals surface area contributed by atoms with Crippen LogP contribution >= 0.6 is 0 Å². The molecule has 3 nitrogen and oxygen atoms in total. The average Bonchev–Trinajstić information content (AvgIpc) is 2.99. The van der Waals surface area contributed by atoms with E-state index in [2.05, 4.69) is 10.2 Å². The maximum atomic E-state index is 13.4. The Balaban J connectivity index is 1.56. The minimum atomic E-state index is -0.784. The summed E-state index contributed by atoms with van der Waals surface area (Å²) in [4.78, 5) is 2.14. The van der Waals surface area contributed by atoms with Crippen LogP contribution in [-0.4, -0.2) is 38.4 Å². The Kier molecular flexibility index (Phi) is 5.17. The highest BCUT2D eigenvalue weighted by atomic mass is 19.2. The number of anilines is 1. The SMILES string of the molecule is COCC1(NC2CCN(c3ccc(F)c(F)c3)CC2)CCCC1. The Bertz CT molecular complexity index is 524. The van der Waals surface area contributed by atoms with Gasteiger partial charge in [-0.05, 0) is 37.8 Å². The van der Waals surface area contributed by atoms with E-state index >= 15 is 0 Å². The van der Waals surface area contributed by atoms with Crippen LogP contribution < -0.4 is 10.2 Å². The van der Waals surface area contributed by atoms with Crippen LogP contribution in [0.25, 0.3) is 0 Å². The van der Waals surface area contributed by atoms with Gasteiger partial charge in [0.05, 0.1) is 6.61 Å². The van der Waals surface area contributed by atoms with Crippen molar-refractivity contribution in [1.29, 1.82) is 0 Å². The van der Waals surface area contributed by atoms with Gasteiger partial charge in [0.25, 0.3) is 0 Å². The third-order valence-electron chi connectivity index (χ3n) is 5.25. The maximum Gasteiger partial charge on any atom is 0.160 e. The first-order chi connectivity index (χ1) is 11.1. The van der Waals surface area contributed by atoms with Crippen molar-refractivity contribution in [2.24, 2.45) is 0 Å². The Labute approximate surface area is 137 Å². The molecular weight excluding hydrogens is 298 g/mol. The van der Waals surface area contributed by atoms with E-state index in [9.17, 15) is 8.78 Å². The van der Waals surface area contributed by atoms with Crippen molar-refractivity contribution in [3.63, 3.8) is 0 Å². The highest BCUT2D eigenvalue weighted by Crippen LogP contribution is 2.32. The third kappa shape index (κ3) is 3.83. The predicted molar refractivity (Wildman–Crippen MR) is 87.8 cm³/mol. The van der Waals surface area contributed by atoms with Crippen molar-refractivity contribution in [2.45, 2.75) is 50.1 Å². The lowest BCUT2D eigenvalue weighted by atomic mass is 9.94. The molecule has 0 spiro atoms. The van der Waals surface area contributed by atoms with E-state index in [1.165, 1.54) is 37.8 Å². The van der Waals surface area contributed by atoms with Crippen molar-refractivity contribution in [3.8, 4) is 0 Å². The first-order valence-corrected chi connectivity index (χ1v) is 8.58. The standard InChI is InChI=1S/C18H26F2N2O/c1-23-13-18(8-2-3-9-18)21-14-6-10-22(11-7-14)15-4-5-16(19)17(20)12-15/h4-5,12,14,21H,2-3,6-11,13H2,1H3. The molecule has 2 fully saturated rings. The van der Waals surface area contributed by atoms with E-state index < -0.39 is 11.6 Å². The number of methoxy groups -OCH3 is 1. The number of piperidine rings is 1. The number of nitrogens with one attached hydrogen (secondary N) is 1. The highest BCUT2D eigenvalue weighted by molar-refractivity contribution is 5.47. The number of hydrogen-bond acceptors (Lipinski definition) is 3. The second kappa shape index (κ2) is 7.14. The normalized spacial score (nSPS) is 21.8. The summed E-state index contributed by atoms with van der Waals surface area (Å²) in [5.41, 5.74) is 0.915. The molecular formula is C18H26F2N2O. The van der Waals surface area contributed by atoms with Gasteiger partial charge in [0.15, 0.2) is 11.6 Å². The maximum absolute atomic E-state index is 13.4. The van der Waals surface area contributed by atoms with Crippen LogP contribution in [-0.2, 0) is 4.74 Å². The van der Waals surface area contributed by atoms with Gasteiger partial charge in [0, 0.05) is 43.5 Å². The van der Waals surface area contributed by atoms with Crippen molar-refractivity contribution >= 4 is 5.69 Å². The number of nitrogens with zero attached hydrogens (tertiary/aromatic N) is 1. The quantitative estimate of drug-likeness (QED) is 0.897. The van der Waals surface area contributed by atoms with Gasteiger partial charge in [-0.1, -0.05) is 12.8 Å². The summed E-state index contributed by atoms with van der Waals surface area (Å²) in [7, 11) is 1.77. The number of rotatable bonds is 5. The summed E-state index contributed by atoms with van der Waals surface area (Å²) in [6.07, 6.45) is 6.94. The fourth-order valence-corrected chi connectivity index (χ4v) is 4.06. The van der Waals surface area contributed by atoms with Crippen molar-refractivity contribution in [2.75, 3.05) is 31.7 Å². The third-order valence-corrected chi connectivity index (χ3v) is 5.25. The molecule has 1 aliphatic heterocycles. The van der Waals surface area contributed by atoms with E-state index in [-0.39, 0.29) is 5.54 Å². The van der Waals surface area contributed by atoms with Gasteiger partial charge in [-0.3, -0.25) is 0 Å². The molecule has 3 rings (SSSR count). The zero-order valence-electron chi connectivity index (χ0n) is 13.8. The van der Waals surface area contributed by atoms with Crippen molar-refractivity contribution < 1.29 is 13.5 Å². The van der Waals surface area contributed by atoms with Gasteiger partial charge in [-0.15, -0.1) is 0 Å². The fraction of sp³-hybridized carbons (Fsp3) is 0.667. The largest absolute Gasteiger partial charge is 0.383 e. The topological polar surface area (TPSA) is 24.5 Å². The van der Waals surface area contributed by atoms with Gasteiger partial charge in [0.2, 0.25) is 0 Å². The summed E-state index contributed by atoms with van der Waals surface area (Å²) >= 11 is 0. The molecule has 0 amide bonds. The molecule has 0 radical (unpaired) electrons. The zero-order valence-corrected chi connectivity index (χ0v) is 13.8. The Morgan fingerprint density at radius 2 is 1.87 bits per heavy atom. The van der Waals surface area contributed by atoms with Gasteiger partial charge in [0.1, 0.15) is 0 Å². The molecule has 1 heterocycles. The van der Waals surface area contributed by atoms with Crippen LogP contribution in [0.3, 0.4) is 0 Å². The van der Waals surface area contributed by atoms with Crippen molar-refractivity contribution in [1.82, 2.24) is 5.32 Å². The lowest BCUT2D eigenvalue weighted by Gasteiger charge is -2.39. The molecule has 1 aliphatic carbocycles. The number of halogens is 2. The van der Waals surface area contributed by atoms with E-state index in [1.54, 1.807) is 13.2 Å². The second-order valence-electron chi connectivity index (χ2n) is 6.92. The number of hydrogen-bond donors (Lipinski definition) is 1. The molecule has 0 aromatic heterocycles. The molecule has 0 atom stereocenters. The molecule has 0 bridgehead atoms. The van der Waals surface area contributed by atoms with Crippen LogP contribution in [0.15, 0.2) is 18.2 Å². The lowest BCUT2D eigenvalue weighted by Crippen LogP contribution is -2.54. The molecule has 128 valence electrons. The summed E-state index contributed by atoms with van der Waals surface area (Å²) in [6, 6.07) is 4.65. The molecule has 0 unspecified atom stereocenters. The minimum absolute atomic E-state index is 0.142. The van der Waals surface area contributed by atoms with E-state index in [0.717, 1.165) is 38.2 Å². The highest BCUT2D eigenvalue weighted by Gasteiger charge is 2.36. The molecule has 1 aromatic rings. The van der Waals surface area contributed by atoms with E-state index in [0.29, 0.717) is 6.04 Å². The lowest BCUT2D eigenvalue weighted by molar-refractivity contribution is 0.0996. The molecule has 5 heteroatoms. The molecule has 1 aromatic carbocycles. The van der Waals surface area contributed by atoms with E-state index in [1.807, 2.05) is 0 Å². The van der Waals surface area contributed by atoms with Crippen LogP contribution in [0.1, 0.15) is 38.5 Å². The van der Waals surface area contributed by atoms with Crippen LogP contribution in [0.4, 0.5) is 14.5 Å². The van der Waals surface area contributed by atoms with Gasteiger partial charge in [-0.2, -0.15) is 0 Å². The van der Waals surface area contributed by atoms with Crippen LogP contribution in [0, 0.1) is 11.6 Å². The Hall–Kier alpha value is -1.20. The van der Waals surface area contributed by atoms with Crippen molar-refractivity contribution in [3.05, 3.63) is 29.8 Å². The first-order valence-electron chi connectivity index (χ1n) is 8.58. The average molecular weight is 324 g/mol. The summed E-state index contributed by atoms with van der Waals surface area (Å²) in [6.45, 7) is 2.51. The minimum Gasteiger partial charge on any atom is -0.383 e. The Morgan fingerprint density at radius 3 is 2.48 bits per heavy atom. The summed E-state index contributed by atoms with van der Waals surface area (Å²) in [5, 5.41) is 3.84. The zero-order chi connectivity index (χ0) is 16.3. The smallest absolute Gasteiger partial charge is 0.160 e. The van der Waals surface area contributed by atoms with Gasteiger partial charge >= 0.3 is 0 Å². The molecule has 1 saturated carbocycles. The van der Waals surface area contributed by atoms with Crippen LogP contribution in [0.2, 0.25) is 0 Å². The molecule has 1 N–H and O–H groups in total. The van der Waals surface area contributed by atoms with Gasteiger partial charge in [-0.25, -0.2) is 8.78 Å². The first kappa shape index (κ1) is 16.7. The molecule has 2 aliphatic rings. The Morgan fingerprint density at radius 1 is 1.17 bits per heavy atom. The van der Waals surface area contributed by atoms with E-state index in [4.69, 9.17) is 4.74 Å². The number of ether oxygens (including phenoxy) is 1. The van der Waals surface area contributed by atoms with Crippen LogP contribution in [0.5, 0.6) is 0 Å². The van der Waals surface area contributed by atoms with Gasteiger partial charge < -0.3 is 15.0 Å². The second-order valence-corrected chi connectivity index (χ2v) is 6.92. The predicted octanol–water partition coefficient (Wildman–Crippen LogP) is 3.48.